The smallest absolute Gasteiger partial charge is 0.253 e. The Morgan fingerprint density at radius 2 is 2.00 bits per heavy atom. The molecular formula is C18H24F2N4O2. The van der Waals surface area contributed by atoms with Crippen LogP contribution in [0.25, 0.3) is 0 Å². The summed E-state index contributed by atoms with van der Waals surface area (Å²) in [6, 6.07) is 5.31. The van der Waals surface area contributed by atoms with E-state index < -0.39 is 6.43 Å². The van der Waals surface area contributed by atoms with Gasteiger partial charge in [-0.3, -0.25) is 14.5 Å². The van der Waals surface area contributed by atoms with Crippen molar-refractivity contribution >= 4 is 23.2 Å². The van der Waals surface area contributed by atoms with E-state index in [1.165, 1.54) is 0 Å². The van der Waals surface area contributed by atoms with Crippen LogP contribution >= 0.6 is 0 Å². The molecule has 2 aliphatic heterocycles. The van der Waals surface area contributed by atoms with Crippen molar-refractivity contribution < 1.29 is 18.4 Å². The SMILES string of the molecule is CN1CCC(=O)Nc2cc(C(=O)N3CCCN(CC(F)F)CC3)ccc21. The molecule has 0 saturated carbocycles. The van der Waals surface area contributed by atoms with Crippen molar-refractivity contribution in [2.45, 2.75) is 19.3 Å². The molecule has 26 heavy (non-hydrogen) atoms. The highest BCUT2D eigenvalue weighted by Gasteiger charge is 2.24. The molecule has 0 spiro atoms. The lowest BCUT2D eigenvalue weighted by Gasteiger charge is -2.23. The fourth-order valence-electron chi connectivity index (χ4n) is 3.44. The summed E-state index contributed by atoms with van der Waals surface area (Å²) in [4.78, 5) is 30.1. The van der Waals surface area contributed by atoms with Crippen molar-refractivity contribution in [3.63, 3.8) is 0 Å². The molecule has 0 aliphatic carbocycles. The van der Waals surface area contributed by atoms with Crippen LogP contribution in [0.3, 0.4) is 0 Å². The zero-order valence-corrected chi connectivity index (χ0v) is 14.9. The zero-order valence-electron chi connectivity index (χ0n) is 14.9. The van der Waals surface area contributed by atoms with Gasteiger partial charge in [0.15, 0.2) is 0 Å². The maximum atomic E-state index is 12.8. The summed E-state index contributed by atoms with van der Waals surface area (Å²) in [5.74, 6) is -0.203. The number of rotatable bonds is 3. The summed E-state index contributed by atoms with van der Waals surface area (Å²) in [5, 5.41) is 2.85. The van der Waals surface area contributed by atoms with E-state index in [9.17, 15) is 18.4 Å². The molecule has 1 saturated heterocycles. The number of amides is 2. The van der Waals surface area contributed by atoms with Crippen LogP contribution in [0.15, 0.2) is 18.2 Å². The maximum absolute atomic E-state index is 12.8. The maximum Gasteiger partial charge on any atom is 0.253 e. The van der Waals surface area contributed by atoms with Gasteiger partial charge in [-0.05, 0) is 24.6 Å². The van der Waals surface area contributed by atoms with Crippen LogP contribution in [0, 0.1) is 0 Å². The van der Waals surface area contributed by atoms with Crippen LogP contribution in [-0.4, -0.2) is 74.4 Å². The summed E-state index contributed by atoms with van der Waals surface area (Å²) in [5.41, 5.74) is 2.02. The van der Waals surface area contributed by atoms with Crippen molar-refractivity contribution in [2.75, 3.05) is 56.5 Å². The monoisotopic (exact) mass is 366 g/mol. The molecule has 0 aromatic heterocycles. The number of carbonyl (C=O) groups excluding carboxylic acids is 2. The Morgan fingerprint density at radius 1 is 1.19 bits per heavy atom. The van der Waals surface area contributed by atoms with E-state index in [0.29, 0.717) is 56.8 Å². The molecule has 0 atom stereocenters. The van der Waals surface area contributed by atoms with Gasteiger partial charge in [0.05, 0.1) is 17.9 Å². The molecule has 1 aromatic rings. The van der Waals surface area contributed by atoms with Crippen LogP contribution in [0.4, 0.5) is 20.2 Å². The molecule has 2 aliphatic rings. The van der Waals surface area contributed by atoms with Crippen LogP contribution in [0.1, 0.15) is 23.2 Å². The Balaban J connectivity index is 1.73. The highest BCUT2D eigenvalue weighted by Crippen LogP contribution is 2.29. The normalized spacial score (nSPS) is 19.0. The standard InChI is InChI=1S/C18H24F2N4O2/c1-22-8-5-17(25)21-14-11-13(3-4-15(14)22)18(26)24-7-2-6-23(9-10-24)12-16(19)20/h3-4,11,16H,2,5-10,12H2,1H3,(H,21,25). The van der Waals surface area contributed by atoms with E-state index in [1.54, 1.807) is 21.9 Å². The average molecular weight is 366 g/mol. The van der Waals surface area contributed by atoms with Gasteiger partial charge >= 0.3 is 0 Å². The lowest BCUT2D eigenvalue weighted by Crippen LogP contribution is -2.36. The van der Waals surface area contributed by atoms with E-state index in [2.05, 4.69) is 5.32 Å². The van der Waals surface area contributed by atoms with Crippen molar-refractivity contribution in [3.05, 3.63) is 23.8 Å². The molecule has 1 fully saturated rings. The largest absolute Gasteiger partial charge is 0.372 e. The van der Waals surface area contributed by atoms with E-state index in [-0.39, 0.29) is 18.4 Å². The van der Waals surface area contributed by atoms with Gasteiger partial charge in [-0.1, -0.05) is 0 Å². The van der Waals surface area contributed by atoms with Crippen molar-refractivity contribution in [1.29, 1.82) is 0 Å². The minimum atomic E-state index is -2.36. The van der Waals surface area contributed by atoms with Crippen LogP contribution in [0.5, 0.6) is 0 Å². The first-order valence-corrected chi connectivity index (χ1v) is 8.89. The van der Waals surface area contributed by atoms with Crippen LogP contribution < -0.4 is 10.2 Å². The Bertz CT molecular complexity index is 683. The highest BCUT2D eigenvalue weighted by molar-refractivity contribution is 6.00. The third-order valence-electron chi connectivity index (χ3n) is 4.88. The van der Waals surface area contributed by atoms with Crippen LogP contribution in [0.2, 0.25) is 0 Å². The number of fused-ring (bicyclic) bond motifs is 1. The summed E-state index contributed by atoms with van der Waals surface area (Å²) >= 11 is 0. The van der Waals surface area contributed by atoms with E-state index >= 15 is 0 Å². The number of nitrogens with zero attached hydrogens (tertiary/aromatic N) is 3. The first kappa shape index (κ1) is 18.6. The average Bonchev–Trinajstić information content (AvgIpc) is 2.91. The summed E-state index contributed by atoms with van der Waals surface area (Å²) < 4.78 is 25.1. The number of halogens is 2. The van der Waals surface area contributed by atoms with Crippen molar-refractivity contribution in [1.82, 2.24) is 9.80 Å². The number of hydrogen-bond acceptors (Lipinski definition) is 4. The lowest BCUT2D eigenvalue weighted by atomic mass is 10.1. The summed E-state index contributed by atoms with van der Waals surface area (Å²) in [6.45, 7) is 2.36. The Hall–Kier alpha value is -2.22. The van der Waals surface area contributed by atoms with E-state index in [0.717, 1.165) is 5.69 Å². The number of alkyl halides is 2. The topological polar surface area (TPSA) is 55.9 Å². The van der Waals surface area contributed by atoms with Crippen LogP contribution in [-0.2, 0) is 4.79 Å². The summed E-state index contributed by atoms with van der Waals surface area (Å²) in [6.07, 6.45) is -1.29. The number of hydrogen-bond donors (Lipinski definition) is 1. The number of carbonyl (C=O) groups is 2. The minimum absolute atomic E-state index is 0.0717. The molecule has 2 amide bonds. The predicted molar refractivity (Wildman–Crippen MR) is 95.9 cm³/mol. The van der Waals surface area contributed by atoms with Gasteiger partial charge in [0, 0.05) is 51.8 Å². The fraction of sp³-hybridized carbons (Fsp3) is 0.556. The lowest BCUT2D eigenvalue weighted by molar-refractivity contribution is -0.115. The molecule has 0 radical (unpaired) electrons. The Kier molecular flexibility index (Phi) is 5.70. The van der Waals surface area contributed by atoms with Gasteiger partial charge in [-0.2, -0.15) is 0 Å². The number of anilines is 2. The van der Waals surface area contributed by atoms with Gasteiger partial charge in [0.1, 0.15) is 0 Å². The molecule has 2 heterocycles. The first-order valence-electron chi connectivity index (χ1n) is 8.89. The third-order valence-corrected chi connectivity index (χ3v) is 4.88. The molecule has 3 rings (SSSR count). The fourth-order valence-corrected chi connectivity index (χ4v) is 3.44. The number of benzene rings is 1. The third kappa shape index (κ3) is 4.30. The molecule has 142 valence electrons. The van der Waals surface area contributed by atoms with Gasteiger partial charge < -0.3 is 15.1 Å². The van der Waals surface area contributed by atoms with Gasteiger partial charge in [-0.25, -0.2) is 8.78 Å². The van der Waals surface area contributed by atoms with Gasteiger partial charge in [0.2, 0.25) is 5.91 Å². The molecule has 1 aromatic carbocycles. The second-order valence-electron chi connectivity index (χ2n) is 6.79. The molecule has 6 nitrogen and oxygen atoms in total. The molecule has 1 N–H and O–H groups in total. The van der Waals surface area contributed by atoms with Gasteiger partial charge in [-0.15, -0.1) is 0 Å². The predicted octanol–water partition coefficient (Wildman–Crippen LogP) is 1.88. The number of nitrogens with one attached hydrogen (secondary N) is 1. The molecular weight excluding hydrogens is 342 g/mol. The first-order chi connectivity index (χ1) is 12.4. The van der Waals surface area contributed by atoms with Crippen molar-refractivity contribution in [2.24, 2.45) is 0 Å². The van der Waals surface area contributed by atoms with Crippen molar-refractivity contribution in [3.8, 4) is 0 Å². The Morgan fingerprint density at radius 3 is 2.77 bits per heavy atom. The zero-order chi connectivity index (χ0) is 18.7. The second kappa shape index (κ2) is 7.99. The molecule has 8 heteroatoms. The Labute approximate surface area is 151 Å². The molecule has 0 unspecified atom stereocenters. The van der Waals surface area contributed by atoms with Gasteiger partial charge in [0.25, 0.3) is 12.3 Å². The highest BCUT2D eigenvalue weighted by atomic mass is 19.3. The quantitative estimate of drug-likeness (QED) is 0.888. The second-order valence-corrected chi connectivity index (χ2v) is 6.79. The van der Waals surface area contributed by atoms with E-state index in [4.69, 9.17) is 0 Å². The summed E-state index contributed by atoms with van der Waals surface area (Å²) in [7, 11) is 1.91. The minimum Gasteiger partial charge on any atom is -0.372 e. The molecule has 0 bridgehead atoms. The van der Waals surface area contributed by atoms with E-state index in [1.807, 2.05) is 18.0 Å².